The highest BCUT2D eigenvalue weighted by molar-refractivity contribution is 7.85. The van der Waals surface area contributed by atoms with Gasteiger partial charge in [-0.15, -0.1) is 0 Å². The van der Waals surface area contributed by atoms with Gasteiger partial charge in [0.05, 0.1) is 10.8 Å². The monoisotopic (exact) mass is 225 g/mol. The third-order valence-electron chi connectivity index (χ3n) is 2.11. The number of rotatable bonds is 3. The summed E-state index contributed by atoms with van der Waals surface area (Å²) in [4.78, 5) is 4.13. The minimum absolute atomic E-state index is 0.153. The van der Waals surface area contributed by atoms with E-state index < -0.39 is 10.8 Å². The zero-order chi connectivity index (χ0) is 11.5. The van der Waals surface area contributed by atoms with Gasteiger partial charge < -0.3 is 0 Å². The van der Waals surface area contributed by atoms with Crippen molar-refractivity contribution >= 4 is 10.8 Å². The predicted molar refractivity (Wildman–Crippen MR) is 64.2 cm³/mol. The third kappa shape index (κ3) is 4.12. The van der Waals surface area contributed by atoms with Crippen molar-refractivity contribution in [2.45, 2.75) is 44.4 Å². The summed E-state index contributed by atoms with van der Waals surface area (Å²) in [6, 6.07) is 5.55. The lowest BCUT2D eigenvalue weighted by molar-refractivity contribution is 0.375. The molecule has 0 bridgehead atoms. The Hall–Kier alpha value is -0.700. The third-order valence-corrected chi connectivity index (χ3v) is 3.66. The molecule has 1 aromatic rings. The van der Waals surface area contributed by atoms with Gasteiger partial charge in [-0.1, -0.05) is 33.8 Å². The molecule has 0 aliphatic carbocycles. The summed E-state index contributed by atoms with van der Waals surface area (Å²) in [5.41, 5.74) is 0.212. The van der Waals surface area contributed by atoms with Gasteiger partial charge in [-0.05, 0) is 24.0 Å². The van der Waals surface area contributed by atoms with E-state index in [1.54, 1.807) is 6.20 Å². The molecule has 2 nitrogen and oxygen atoms in total. The van der Waals surface area contributed by atoms with Crippen LogP contribution in [0.25, 0.3) is 0 Å². The molecule has 15 heavy (non-hydrogen) atoms. The van der Waals surface area contributed by atoms with Crippen LogP contribution < -0.4 is 0 Å². The van der Waals surface area contributed by atoms with E-state index in [9.17, 15) is 4.21 Å². The first kappa shape index (κ1) is 12.4. The van der Waals surface area contributed by atoms with Gasteiger partial charge in [0.1, 0.15) is 5.03 Å². The second-order valence-corrected chi connectivity index (χ2v) is 6.86. The molecule has 0 saturated heterocycles. The topological polar surface area (TPSA) is 30.0 Å². The number of hydrogen-bond donors (Lipinski definition) is 0. The Balaban J connectivity index is 2.70. The Kier molecular flexibility index (Phi) is 4.03. The summed E-state index contributed by atoms with van der Waals surface area (Å²) < 4.78 is 12.1. The largest absolute Gasteiger partial charge is 0.252 e. The molecule has 0 amide bonds. The van der Waals surface area contributed by atoms with Gasteiger partial charge in [-0.25, -0.2) is 4.98 Å². The summed E-state index contributed by atoms with van der Waals surface area (Å²) in [6.07, 6.45) is 2.63. The highest BCUT2D eigenvalue weighted by Crippen LogP contribution is 2.24. The fourth-order valence-corrected chi connectivity index (χ4v) is 3.05. The first-order valence-electron chi connectivity index (χ1n) is 5.22. The minimum Gasteiger partial charge on any atom is -0.252 e. The Morgan fingerprint density at radius 1 is 1.40 bits per heavy atom. The van der Waals surface area contributed by atoms with Crippen molar-refractivity contribution in [1.29, 1.82) is 0 Å². The quantitative estimate of drug-likeness (QED) is 0.791. The molecule has 1 heterocycles. The first-order valence-corrected chi connectivity index (χ1v) is 6.43. The molecule has 0 radical (unpaired) electrons. The van der Waals surface area contributed by atoms with Gasteiger partial charge >= 0.3 is 0 Å². The van der Waals surface area contributed by atoms with Crippen molar-refractivity contribution in [3.05, 3.63) is 24.4 Å². The maximum absolute atomic E-state index is 12.1. The Labute approximate surface area is 94.6 Å². The number of aromatic nitrogens is 1. The van der Waals surface area contributed by atoms with Crippen LogP contribution in [0.1, 0.15) is 34.1 Å². The standard InChI is InChI=1S/C12H19NOS/c1-10(9-12(2,3)4)15(14)11-7-5-6-8-13-11/h5-8,10H,9H2,1-4H3/t10-,15?/m0/s1. The molecule has 0 N–H and O–H groups in total. The van der Waals surface area contributed by atoms with E-state index in [4.69, 9.17) is 0 Å². The lowest BCUT2D eigenvalue weighted by atomic mass is 9.91. The van der Waals surface area contributed by atoms with Crippen LogP contribution in [-0.2, 0) is 10.8 Å². The molecule has 0 spiro atoms. The van der Waals surface area contributed by atoms with E-state index in [0.717, 1.165) is 6.42 Å². The summed E-state index contributed by atoms with van der Waals surface area (Å²) in [6.45, 7) is 8.52. The molecule has 0 fully saturated rings. The van der Waals surface area contributed by atoms with Crippen molar-refractivity contribution < 1.29 is 4.21 Å². The normalized spacial score (nSPS) is 16.0. The maximum atomic E-state index is 12.1. The van der Waals surface area contributed by atoms with E-state index >= 15 is 0 Å². The summed E-state index contributed by atoms with van der Waals surface area (Å²) in [7, 11) is -0.986. The summed E-state index contributed by atoms with van der Waals surface area (Å²) in [5, 5.41) is 0.842. The average molecular weight is 225 g/mol. The van der Waals surface area contributed by atoms with Crippen LogP contribution in [0.5, 0.6) is 0 Å². The van der Waals surface area contributed by atoms with E-state index in [2.05, 4.69) is 25.8 Å². The van der Waals surface area contributed by atoms with Crippen molar-refractivity contribution in [3.8, 4) is 0 Å². The molecule has 2 atom stereocenters. The smallest absolute Gasteiger partial charge is 0.127 e. The fraction of sp³-hybridized carbons (Fsp3) is 0.583. The second-order valence-electron chi connectivity index (χ2n) is 5.04. The molecule has 1 aromatic heterocycles. The Morgan fingerprint density at radius 2 is 2.07 bits per heavy atom. The molecule has 0 saturated carbocycles. The average Bonchev–Trinajstić information content (AvgIpc) is 2.15. The van der Waals surface area contributed by atoms with Gasteiger partial charge in [0, 0.05) is 11.4 Å². The second kappa shape index (κ2) is 4.88. The molecule has 0 aliphatic heterocycles. The van der Waals surface area contributed by atoms with Crippen LogP contribution in [0.3, 0.4) is 0 Å². The van der Waals surface area contributed by atoms with Crippen LogP contribution in [0, 0.1) is 5.41 Å². The minimum atomic E-state index is -0.986. The SMILES string of the molecule is C[C@@H](CC(C)(C)C)S(=O)c1ccccn1. The highest BCUT2D eigenvalue weighted by Gasteiger charge is 2.21. The Morgan fingerprint density at radius 3 is 2.53 bits per heavy atom. The molecule has 84 valence electrons. The van der Waals surface area contributed by atoms with Crippen molar-refractivity contribution in [2.75, 3.05) is 0 Å². The molecule has 3 heteroatoms. The summed E-state index contributed by atoms with van der Waals surface area (Å²) in [5.74, 6) is 0. The van der Waals surface area contributed by atoms with Gasteiger partial charge in [0.25, 0.3) is 0 Å². The van der Waals surface area contributed by atoms with Crippen LogP contribution in [0.4, 0.5) is 0 Å². The number of pyridine rings is 1. The number of nitrogens with zero attached hydrogens (tertiary/aromatic N) is 1. The summed E-state index contributed by atoms with van der Waals surface area (Å²) >= 11 is 0. The zero-order valence-electron chi connectivity index (χ0n) is 9.86. The maximum Gasteiger partial charge on any atom is 0.127 e. The molecule has 0 aliphatic rings. The van der Waals surface area contributed by atoms with Crippen molar-refractivity contribution in [2.24, 2.45) is 5.41 Å². The fourth-order valence-electron chi connectivity index (χ4n) is 1.61. The molecule has 0 aromatic carbocycles. The molecular formula is C12H19NOS. The zero-order valence-corrected chi connectivity index (χ0v) is 10.7. The predicted octanol–water partition coefficient (Wildman–Crippen LogP) is 3.01. The molecular weight excluding hydrogens is 206 g/mol. The van der Waals surface area contributed by atoms with E-state index in [1.807, 2.05) is 25.1 Å². The number of hydrogen-bond acceptors (Lipinski definition) is 2. The van der Waals surface area contributed by atoms with E-state index in [0.29, 0.717) is 5.03 Å². The highest BCUT2D eigenvalue weighted by atomic mass is 32.2. The van der Waals surface area contributed by atoms with E-state index in [1.165, 1.54) is 0 Å². The van der Waals surface area contributed by atoms with Gasteiger partial charge in [0.2, 0.25) is 0 Å². The van der Waals surface area contributed by atoms with E-state index in [-0.39, 0.29) is 10.7 Å². The van der Waals surface area contributed by atoms with Crippen LogP contribution in [0.15, 0.2) is 29.4 Å². The van der Waals surface area contributed by atoms with Crippen LogP contribution >= 0.6 is 0 Å². The van der Waals surface area contributed by atoms with Crippen molar-refractivity contribution in [3.63, 3.8) is 0 Å². The van der Waals surface area contributed by atoms with Gasteiger partial charge in [-0.2, -0.15) is 0 Å². The molecule has 1 rings (SSSR count). The Bertz CT molecular complexity index is 329. The lowest BCUT2D eigenvalue weighted by Gasteiger charge is -2.22. The van der Waals surface area contributed by atoms with Gasteiger partial charge in [-0.3, -0.25) is 4.21 Å². The van der Waals surface area contributed by atoms with Gasteiger partial charge in [0.15, 0.2) is 0 Å². The van der Waals surface area contributed by atoms with Crippen molar-refractivity contribution in [1.82, 2.24) is 4.98 Å². The lowest BCUT2D eigenvalue weighted by Crippen LogP contribution is -2.20. The van der Waals surface area contributed by atoms with Crippen LogP contribution in [0.2, 0.25) is 0 Å². The first-order chi connectivity index (χ1) is 6.90. The molecule has 1 unspecified atom stereocenters. The van der Waals surface area contributed by atoms with Crippen LogP contribution in [-0.4, -0.2) is 14.4 Å².